The van der Waals surface area contributed by atoms with Gasteiger partial charge in [-0.1, -0.05) is 61.3 Å². The van der Waals surface area contributed by atoms with E-state index >= 15 is 0 Å². The Labute approximate surface area is 107 Å². The summed E-state index contributed by atoms with van der Waals surface area (Å²) in [6.45, 7) is 5.96. The van der Waals surface area contributed by atoms with Gasteiger partial charge in [0.25, 0.3) is 0 Å². The quantitative estimate of drug-likeness (QED) is 0.778. The fourth-order valence-corrected chi connectivity index (χ4v) is 1.70. The molecule has 0 bridgehead atoms. The number of benzene rings is 1. The van der Waals surface area contributed by atoms with E-state index in [1.165, 1.54) is 22.9 Å². The molecule has 0 N–H and O–H groups in total. The van der Waals surface area contributed by atoms with Crippen LogP contribution in [0.25, 0.3) is 0 Å². The van der Waals surface area contributed by atoms with Crippen molar-refractivity contribution in [1.29, 1.82) is 0 Å². The molecule has 0 unspecified atom stereocenters. The second-order valence-corrected chi connectivity index (χ2v) is 4.44. The minimum Gasteiger partial charge on any atom is -0.300 e. The molecule has 1 aromatic rings. The first kappa shape index (κ1) is 15.4. The van der Waals surface area contributed by atoms with Crippen LogP contribution in [0.5, 0.6) is 0 Å². The second kappa shape index (κ2) is 9.59. The number of hydrogen-bond acceptors (Lipinski definition) is 1. The van der Waals surface area contributed by atoms with E-state index in [1.807, 2.05) is 19.9 Å². The minimum atomic E-state index is 0.343. The van der Waals surface area contributed by atoms with Crippen molar-refractivity contribution in [2.45, 2.75) is 46.5 Å². The lowest BCUT2D eigenvalue weighted by Gasteiger charge is -1.99. The number of hydrogen-bond donors (Lipinski definition) is 0. The van der Waals surface area contributed by atoms with Crippen molar-refractivity contribution in [2.24, 2.45) is 0 Å². The summed E-state index contributed by atoms with van der Waals surface area (Å²) in [5, 5.41) is 0. The molecule has 1 nitrogen and oxygen atoms in total. The maximum Gasteiger partial charge on any atom is 0.132 e. The number of carbonyl (C=O) groups is 1. The summed E-state index contributed by atoms with van der Waals surface area (Å²) in [5.74, 6) is 0.343. The number of carbonyl (C=O) groups excluding carboxylic acids is 1. The zero-order valence-electron chi connectivity index (χ0n) is 10.4. The molecule has 0 aliphatic rings. The molecule has 0 aliphatic carbocycles. The van der Waals surface area contributed by atoms with Gasteiger partial charge < -0.3 is 0 Å². The van der Waals surface area contributed by atoms with Crippen molar-refractivity contribution in [3.63, 3.8) is 0 Å². The van der Waals surface area contributed by atoms with Gasteiger partial charge in [0.15, 0.2) is 0 Å². The van der Waals surface area contributed by atoms with E-state index in [4.69, 9.17) is 0 Å². The van der Waals surface area contributed by atoms with Crippen LogP contribution >= 0.6 is 15.9 Å². The van der Waals surface area contributed by atoms with Crippen LogP contribution in [0.2, 0.25) is 0 Å². The topological polar surface area (TPSA) is 17.1 Å². The third-order valence-electron chi connectivity index (χ3n) is 2.27. The maximum atomic E-state index is 10.2. The summed E-state index contributed by atoms with van der Waals surface area (Å²) >= 11 is 3.50. The first-order chi connectivity index (χ1) is 7.65. The molecule has 16 heavy (non-hydrogen) atoms. The van der Waals surface area contributed by atoms with Crippen LogP contribution in [0, 0.1) is 0 Å². The highest BCUT2D eigenvalue weighted by atomic mass is 79.9. The van der Waals surface area contributed by atoms with Crippen LogP contribution in [0.1, 0.15) is 45.6 Å². The molecule has 1 rings (SSSR count). The van der Waals surface area contributed by atoms with Crippen LogP contribution < -0.4 is 0 Å². The molecule has 0 aliphatic heterocycles. The predicted molar refractivity (Wildman–Crippen MR) is 73.7 cm³/mol. The van der Waals surface area contributed by atoms with E-state index in [9.17, 15) is 4.79 Å². The molecule has 0 atom stereocenters. The van der Waals surface area contributed by atoms with Gasteiger partial charge in [-0.05, 0) is 18.1 Å². The van der Waals surface area contributed by atoms with Crippen LogP contribution in [0.15, 0.2) is 28.7 Å². The van der Waals surface area contributed by atoms with Crippen molar-refractivity contribution in [1.82, 2.24) is 0 Å². The average Bonchev–Trinajstić information content (AvgIpc) is 2.32. The Morgan fingerprint density at radius 3 is 2.06 bits per heavy atom. The molecule has 0 saturated heterocycles. The molecule has 0 saturated carbocycles. The van der Waals surface area contributed by atoms with Gasteiger partial charge in [-0.3, -0.25) is 4.79 Å². The largest absolute Gasteiger partial charge is 0.300 e. The van der Waals surface area contributed by atoms with E-state index in [1.54, 1.807) is 0 Å². The number of Topliss-reactive ketones (excluding diaryl/α,β-unsaturated/α-hetero) is 1. The maximum absolute atomic E-state index is 10.2. The Morgan fingerprint density at radius 2 is 1.69 bits per heavy atom. The summed E-state index contributed by atoms with van der Waals surface area (Å²) in [4.78, 5) is 10.2. The zero-order chi connectivity index (χ0) is 12.4. The average molecular weight is 285 g/mol. The Morgan fingerprint density at radius 1 is 1.12 bits per heavy atom. The van der Waals surface area contributed by atoms with Gasteiger partial charge in [0.05, 0.1) is 0 Å². The van der Waals surface area contributed by atoms with Crippen LogP contribution in [-0.2, 0) is 11.2 Å². The van der Waals surface area contributed by atoms with E-state index in [0.29, 0.717) is 18.6 Å². The summed E-state index contributed by atoms with van der Waals surface area (Å²) in [6, 6.07) is 8.37. The molecular weight excluding hydrogens is 264 g/mol. The highest BCUT2D eigenvalue weighted by molar-refractivity contribution is 9.10. The number of halogens is 1. The SMILES string of the molecule is CCC(=O)CC.CCCc1ccccc1Br. The molecule has 1 aromatic carbocycles. The minimum absolute atomic E-state index is 0.343. The van der Waals surface area contributed by atoms with Gasteiger partial charge in [-0.25, -0.2) is 0 Å². The van der Waals surface area contributed by atoms with Crippen LogP contribution in [-0.4, -0.2) is 5.78 Å². The Bertz CT molecular complexity index is 301. The normalized spacial score (nSPS) is 9.25. The number of aryl methyl sites for hydroxylation is 1. The van der Waals surface area contributed by atoms with Gasteiger partial charge in [0.2, 0.25) is 0 Å². The fraction of sp³-hybridized carbons (Fsp3) is 0.500. The third kappa shape index (κ3) is 6.78. The standard InChI is InChI=1S/C9H11Br.C5H10O/c1-2-5-8-6-3-4-7-9(8)10;1-3-5(6)4-2/h3-4,6-7H,2,5H2,1H3;3-4H2,1-2H3. The third-order valence-corrected chi connectivity index (χ3v) is 3.04. The van der Waals surface area contributed by atoms with Crippen molar-refractivity contribution in [3.8, 4) is 0 Å². The number of rotatable bonds is 4. The highest BCUT2D eigenvalue weighted by Crippen LogP contribution is 2.16. The lowest BCUT2D eigenvalue weighted by atomic mass is 10.1. The highest BCUT2D eigenvalue weighted by Gasteiger charge is 1.94. The Kier molecular flexibility index (Phi) is 9.21. The van der Waals surface area contributed by atoms with Crippen LogP contribution in [0.3, 0.4) is 0 Å². The summed E-state index contributed by atoms with van der Waals surface area (Å²) in [5.41, 5.74) is 1.41. The summed E-state index contributed by atoms with van der Waals surface area (Å²) in [6.07, 6.45) is 3.76. The van der Waals surface area contributed by atoms with Crippen molar-refractivity contribution in [2.75, 3.05) is 0 Å². The fourth-order valence-electron chi connectivity index (χ4n) is 1.22. The molecule has 0 radical (unpaired) electrons. The van der Waals surface area contributed by atoms with Gasteiger partial charge in [0.1, 0.15) is 5.78 Å². The lowest BCUT2D eigenvalue weighted by Crippen LogP contribution is -1.88. The summed E-state index contributed by atoms with van der Waals surface area (Å²) in [7, 11) is 0. The molecule has 0 amide bonds. The second-order valence-electron chi connectivity index (χ2n) is 3.59. The molecule has 0 spiro atoms. The van der Waals surface area contributed by atoms with Gasteiger partial charge in [-0.15, -0.1) is 0 Å². The van der Waals surface area contributed by atoms with E-state index in [0.717, 1.165) is 0 Å². The lowest BCUT2D eigenvalue weighted by molar-refractivity contribution is -0.118. The first-order valence-electron chi connectivity index (χ1n) is 5.90. The van der Waals surface area contributed by atoms with Crippen molar-refractivity contribution >= 4 is 21.7 Å². The Hall–Kier alpha value is -0.630. The van der Waals surface area contributed by atoms with Crippen molar-refractivity contribution < 1.29 is 4.79 Å². The van der Waals surface area contributed by atoms with Crippen molar-refractivity contribution in [3.05, 3.63) is 34.3 Å². The molecule has 0 fully saturated rings. The molecular formula is C14H21BrO. The summed E-state index contributed by atoms with van der Waals surface area (Å²) < 4.78 is 1.23. The first-order valence-corrected chi connectivity index (χ1v) is 6.70. The van der Waals surface area contributed by atoms with Gasteiger partial charge in [-0.2, -0.15) is 0 Å². The number of ketones is 1. The molecule has 0 aromatic heterocycles. The van der Waals surface area contributed by atoms with Crippen LogP contribution in [0.4, 0.5) is 0 Å². The van der Waals surface area contributed by atoms with E-state index in [-0.39, 0.29) is 0 Å². The van der Waals surface area contributed by atoms with Gasteiger partial charge in [0, 0.05) is 17.3 Å². The molecule has 2 heteroatoms. The molecule has 90 valence electrons. The zero-order valence-corrected chi connectivity index (χ0v) is 12.0. The van der Waals surface area contributed by atoms with E-state index in [2.05, 4.69) is 41.1 Å². The molecule has 0 heterocycles. The predicted octanol–water partition coefficient (Wildman–Crippen LogP) is 4.78. The smallest absolute Gasteiger partial charge is 0.132 e. The Balaban J connectivity index is 0.000000325. The van der Waals surface area contributed by atoms with E-state index < -0.39 is 0 Å². The monoisotopic (exact) mass is 284 g/mol. The van der Waals surface area contributed by atoms with Gasteiger partial charge >= 0.3 is 0 Å².